The Morgan fingerprint density at radius 1 is 1.25 bits per heavy atom. The minimum atomic E-state index is 0. The fourth-order valence-corrected chi connectivity index (χ4v) is 3.73. The number of aryl methyl sites for hydroxylation is 2. The molecular formula is C22H37IN6O3. The van der Waals surface area contributed by atoms with Crippen LogP contribution in [0, 0.1) is 0 Å². The van der Waals surface area contributed by atoms with Crippen LogP contribution < -0.4 is 15.4 Å². The molecule has 180 valence electrons. The lowest BCUT2D eigenvalue weighted by Crippen LogP contribution is -2.41. The molecule has 1 fully saturated rings. The van der Waals surface area contributed by atoms with Crippen LogP contribution in [-0.2, 0) is 31.2 Å². The maximum Gasteiger partial charge on any atom is 0.216 e. The molecular weight excluding hydrogens is 523 g/mol. The normalized spacial score (nSPS) is 14.8. The predicted octanol–water partition coefficient (Wildman–Crippen LogP) is 2.20. The quantitative estimate of drug-likeness (QED) is 0.189. The monoisotopic (exact) mass is 560 g/mol. The Labute approximate surface area is 207 Å². The van der Waals surface area contributed by atoms with Crippen molar-refractivity contribution in [2.75, 3.05) is 53.0 Å². The van der Waals surface area contributed by atoms with Crippen LogP contribution in [0.1, 0.15) is 30.4 Å². The Morgan fingerprint density at radius 2 is 2.03 bits per heavy atom. The molecule has 0 saturated carbocycles. The largest absolute Gasteiger partial charge is 0.481 e. The van der Waals surface area contributed by atoms with Crippen molar-refractivity contribution < 1.29 is 13.9 Å². The van der Waals surface area contributed by atoms with E-state index in [1.165, 1.54) is 0 Å². The number of nitrogens with one attached hydrogen (secondary N) is 2. The number of hydrogen-bond donors (Lipinski definition) is 2. The Hall–Kier alpha value is -1.79. The number of nitrogens with zero attached hydrogens (tertiary/aromatic N) is 4. The molecule has 2 aromatic heterocycles. The number of methoxy groups -OCH3 is 1. The van der Waals surface area contributed by atoms with Crippen molar-refractivity contribution in [3.8, 4) is 5.88 Å². The summed E-state index contributed by atoms with van der Waals surface area (Å²) in [5, 5.41) is 11.5. The molecule has 10 heteroatoms. The molecule has 0 atom stereocenters. The summed E-state index contributed by atoms with van der Waals surface area (Å²) >= 11 is 0. The maximum absolute atomic E-state index is 5.55. The number of aromatic nitrogens is 2. The number of guanidine groups is 1. The molecule has 0 amide bonds. The van der Waals surface area contributed by atoms with Gasteiger partial charge in [0.2, 0.25) is 5.88 Å². The summed E-state index contributed by atoms with van der Waals surface area (Å²) in [5.41, 5.74) is 2.05. The number of furan rings is 1. The minimum absolute atomic E-state index is 0. The fraction of sp³-hybridized carbons (Fsp3) is 0.636. The molecule has 1 aliphatic heterocycles. The third-order valence-electron chi connectivity index (χ3n) is 5.39. The average Bonchev–Trinajstić information content (AvgIpc) is 3.42. The first kappa shape index (κ1) is 26.5. The summed E-state index contributed by atoms with van der Waals surface area (Å²) in [5.74, 6) is 2.52. The van der Waals surface area contributed by atoms with E-state index in [0.717, 1.165) is 94.1 Å². The standard InChI is InChI=1S/C22H36N6O3.HI/c1-4-20-19(21(29-3)27(2)26-20)17-25-22(24-10-8-18-7-5-14-31-18)23-9-6-11-28-12-15-30-16-13-28;/h5,7,14H,4,6,8-13,15-17H2,1-3H3,(H2,23,24,25);1H. The van der Waals surface area contributed by atoms with Crippen molar-refractivity contribution in [3.63, 3.8) is 0 Å². The van der Waals surface area contributed by atoms with Gasteiger partial charge >= 0.3 is 0 Å². The van der Waals surface area contributed by atoms with Crippen LogP contribution >= 0.6 is 24.0 Å². The highest BCUT2D eigenvalue weighted by Gasteiger charge is 2.15. The molecule has 3 rings (SSSR count). The van der Waals surface area contributed by atoms with Crippen molar-refractivity contribution in [1.82, 2.24) is 25.3 Å². The summed E-state index contributed by atoms with van der Waals surface area (Å²) in [6, 6.07) is 3.90. The number of rotatable bonds is 11. The van der Waals surface area contributed by atoms with E-state index in [-0.39, 0.29) is 24.0 Å². The zero-order chi connectivity index (χ0) is 21.9. The van der Waals surface area contributed by atoms with Gasteiger partial charge in [0.1, 0.15) is 5.76 Å². The molecule has 0 bridgehead atoms. The van der Waals surface area contributed by atoms with Crippen LogP contribution in [0.3, 0.4) is 0 Å². The van der Waals surface area contributed by atoms with Gasteiger partial charge in [0.25, 0.3) is 0 Å². The number of hydrogen-bond acceptors (Lipinski definition) is 6. The van der Waals surface area contributed by atoms with E-state index in [4.69, 9.17) is 18.9 Å². The molecule has 1 saturated heterocycles. The van der Waals surface area contributed by atoms with Gasteiger partial charge < -0.3 is 24.5 Å². The first-order valence-corrected chi connectivity index (χ1v) is 11.1. The van der Waals surface area contributed by atoms with Gasteiger partial charge in [-0.25, -0.2) is 9.67 Å². The van der Waals surface area contributed by atoms with Crippen LogP contribution in [-0.4, -0.2) is 73.7 Å². The van der Waals surface area contributed by atoms with Crippen LogP contribution in [0.25, 0.3) is 0 Å². The molecule has 32 heavy (non-hydrogen) atoms. The minimum Gasteiger partial charge on any atom is -0.481 e. The van der Waals surface area contributed by atoms with Crippen LogP contribution in [0.5, 0.6) is 5.88 Å². The lowest BCUT2D eigenvalue weighted by Gasteiger charge is -2.26. The van der Waals surface area contributed by atoms with E-state index in [2.05, 4.69) is 27.6 Å². The fourth-order valence-electron chi connectivity index (χ4n) is 3.73. The average molecular weight is 560 g/mol. The number of halogens is 1. The molecule has 0 radical (unpaired) electrons. The van der Waals surface area contributed by atoms with E-state index in [1.54, 1.807) is 18.1 Å². The molecule has 0 unspecified atom stereocenters. The van der Waals surface area contributed by atoms with Gasteiger partial charge in [0.15, 0.2) is 5.96 Å². The van der Waals surface area contributed by atoms with Gasteiger partial charge in [-0.15, -0.1) is 24.0 Å². The first-order valence-electron chi connectivity index (χ1n) is 11.1. The van der Waals surface area contributed by atoms with E-state index < -0.39 is 0 Å². The molecule has 0 spiro atoms. The Kier molecular flexibility index (Phi) is 11.9. The predicted molar refractivity (Wildman–Crippen MR) is 136 cm³/mol. The second kappa shape index (κ2) is 14.4. The zero-order valence-corrected chi connectivity index (χ0v) is 21.8. The first-order chi connectivity index (χ1) is 15.2. The van der Waals surface area contributed by atoms with Crippen molar-refractivity contribution in [3.05, 3.63) is 35.4 Å². The maximum atomic E-state index is 5.55. The van der Waals surface area contributed by atoms with Crippen molar-refractivity contribution in [2.45, 2.75) is 32.7 Å². The molecule has 1 aliphatic rings. The Morgan fingerprint density at radius 3 is 2.72 bits per heavy atom. The third kappa shape index (κ3) is 7.96. The topological polar surface area (TPSA) is 89.1 Å². The van der Waals surface area contributed by atoms with Crippen molar-refractivity contribution in [2.24, 2.45) is 12.0 Å². The van der Waals surface area contributed by atoms with Gasteiger partial charge in [0, 0.05) is 39.6 Å². The molecule has 3 heterocycles. The van der Waals surface area contributed by atoms with Gasteiger partial charge in [-0.2, -0.15) is 5.10 Å². The van der Waals surface area contributed by atoms with Gasteiger partial charge in [-0.05, 0) is 31.5 Å². The molecule has 2 N–H and O–H groups in total. The number of morpholine rings is 1. The summed E-state index contributed by atoms with van der Waals surface area (Å²) in [6.07, 6.45) is 4.40. The van der Waals surface area contributed by atoms with Crippen molar-refractivity contribution in [1.29, 1.82) is 0 Å². The summed E-state index contributed by atoms with van der Waals surface area (Å²) < 4.78 is 18.2. The second-order valence-corrected chi connectivity index (χ2v) is 7.57. The third-order valence-corrected chi connectivity index (χ3v) is 5.39. The van der Waals surface area contributed by atoms with Crippen molar-refractivity contribution >= 4 is 29.9 Å². The number of ether oxygens (including phenoxy) is 2. The molecule has 9 nitrogen and oxygen atoms in total. The Balaban J connectivity index is 0.00000363. The van der Waals surface area contributed by atoms with E-state index >= 15 is 0 Å². The molecule has 0 aliphatic carbocycles. The Bertz CT molecular complexity index is 803. The summed E-state index contributed by atoms with van der Waals surface area (Å²) in [6.45, 7) is 8.98. The van der Waals surface area contributed by atoms with E-state index in [9.17, 15) is 0 Å². The lowest BCUT2D eigenvalue weighted by atomic mass is 10.2. The van der Waals surface area contributed by atoms with Gasteiger partial charge in [-0.3, -0.25) is 4.90 Å². The van der Waals surface area contributed by atoms with E-state index in [1.807, 2.05) is 19.2 Å². The summed E-state index contributed by atoms with van der Waals surface area (Å²) in [4.78, 5) is 7.27. The lowest BCUT2D eigenvalue weighted by molar-refractivity contribution is 0.0376. The van der Waals surface area contributed by atoms with Crippen LogP contribution in [0.15, 0.2) is 27.8 Å². The second-order valence-electron chi connectivity index (χ2n) is 7.57. The smallest absolute Gasteiger partial charge is 0.216 e. The highest BCUT2D eigenvalue weighted by atomic mass is 127. The highest BCUT2D eigenvalue weighted by molar-refractivity contribution is 14.0. The van der Waals surface area contributed by atoms with Gasteiger partial charge in [-0.1, -0.05) is 6.92 Å². The van der Waals surface area contributed by atoms with Crippen LogP contribution in [0.4, 0.5) is 0 Å². The SMILES string of the molecule is CCc1nn(C)c(OC)c1CN=C(NCCCN1CCOCC1)NCCc1ccco1.I. The summed E-state index contributed by atoms with van der Waals surface area (Å²) in [7, 11) is 3.58. The number of aliphatic imine (C=N–C) groups is 1. The van der Waals surface area contributed by atoms with Crippen LogP contribution in [0.2, 0.25) is 0 Å². The highest BCUT2D eigenvalue weighted by Crippen LogP contribution is 2.22. The van der Waals surface area contributed by atoms with Gasteiger partial charge in [0.05, 0.1) is 44.4 Å². The molecule has 2 aromatic rings. The molecule has 0 aromatic carbocycles. The zero-order valence-electron chi connectivity index (χ0n) is 19.4. The van der Waals surface area contributed by atoms with E-state index in [0.29, 0.717) is 6.54 Å².